The molecule has 28 heteroatoms. The molecular formula is C43H78N16O11S. The molecule has 2 rings (SSSR count). The molecule has 7 atom stereocenters. The van der Waals surface area contributed by atoms with Crippen molar-refractivity contribution in [3.63, 3.8) is 0 Å². The molecular weight excluding hydrogens is 949 g/mol. The summed E-state index contributed by atoms with van der Waals surface area (Å²) in [4.78, 5) is 138. The minimum atomic E-state index is -1.27. The SMILES string of the molecule is NCCCC[C@H](NC(=O)[C@H](CCCCN)NC(=O)[C@@H](N)CS)C(=O)N[C@@H](CCCN=C(N)N)C(=O)N1CCC[C@H]1C(=O)N[C@@H](CCCCN)C(=O)N1CCC[C@H]1C(=O)NCC(=O)NCC(=O)NCC(=O)O. The predicted octanol–water partition coefficient (Wildman–Crippen LogP) is -5.96. The van der Waals surface area contributed by atoms with Gasteiger partial charge in [-0.1, -0.05) is 0 Å². The van der Waals surface area contributed by atoms with Gasteiger partial charge in [0.05, 0.1) is 19.1 Å². The Hall–Kier alpha value is -5.84. The highest BCUT2D eigenvalue weighted by Gasteiger charge is 2.42. The first kappa shape index (κ1) is 61.3. The highest BCUT2D eigenvalue weighted by molar-refractivity contribution is 7.80. The summed E-state index contributed by atoms with van der Waals surface area (Å²) >= 11 is 4.08. The van der Waals surface area contributed by atoms with Crippen molar-refractivity contribution >= 4 is 77.7 Å². The molecule has 0 aromatic rings. The second-order valence-corrected chi connectivity index (χ2v) is 17.7. The van der Waals surface area contributed by atoms with E-state index in [-0.39, 0.29) is 76.3 Å². The third-order valence-electron chi connectivity index (χ3n) is 11.8. The third-order valence-corrected chi connectivity index (χ3v) is 12.2. The molecule has 2 aliphatic rings. The van der Waals surface area contributed by atoms with Crippen molar-refractivity contribution in [2.24, 2.45) is 39.4 Å². The van der Waals surface area contributed by atoms with E-state index in [0.29, 0.717) is 71.0 Å². The molecule has 2 fully saturated rings. The zero-order chi connectivity index (χ0) is 52.9. The van der Waals surface area contributed by atoms with Crippen LogP contribution in [0.4, 0.5) is 0 Å². The molecule has 0 aromatic carbocycles. The number of carbonyl (C=O) groups is 10. The minimum absolute atomic E-state index is 0.0236. The number of aliphatic carboxylic acids is 1. The van der Waals surface area contributed by atoms with Crippen LogP contribution in [0.2, 0.25) is 0 Å². The fraction of sp³-hybridized carbons (Fsp3) is 0.744. The van der Waals surface area contributed by atoms with Crippen LogP contribution in [-0.2, 0) is 47.9 Å². The molecule has 0 spiro atoms. The quantitative estimate of drug-likeness (QED) is 0.0123. The number of nitrogens with two attached hydrogens (primary N) is 6. The number of nitrogens with zero attached hydrogens (tertiary/aromatic N) is 3. The molecule has 9 amide bonds. The van der Waals surface area contributed by atoms with Gasteiger partial charge in [-0.15, -0.1) is 0 Å². The van der Waals surface area contributed by atoms with Gasteiger partial charge in [0.25, 0.3) is 0 Å². The van der Waals surface area contributed by atoms with Gasteiger partial charge < -0.3 is 86.5 Å². The Labute approximate surface area is 419 Å². The summed E-state index contributed by atoms with van der Waals surface area (Å²) in [6, 6.07) is -7.64. The van der Waals surface area contributed by atoms with Crippen molar-refractivity contribution in [2.75, 3.05) is 64.7 Å². The van der Waals surface area contributed by atoms with E-state index in [0.717, 1.165) is 0 Å². The molecule has 27 nitrogen and oxygen atoms in total. The van der Waals surface area contributed by atoms with Gasteiger partial charge in [-0.2, -0.15) is 12.6 Å². The lowest BCUT2D eigenvalue weighted by molar-refractivity contribution is -0.144. The molecule has 0 bridgehead atoms. The van der Waals surface area contributed by atoms with Crippen LogP contribution < -0.4 is 71.6 Å². The van der Waals surface area contributed by atoms with Gasteiger partial charge in [0, 0.05) is 25.4 Å². The van der Waals surface area contributed by atoms with E-state index in [9.17, 15) is 47.9 Å². The first-order valence-electron chi connectivity index (χ1n) is 24.3. The lowest BCUT2D eigenvalue weighted by Gasteiger charge is -2.32. The standard InChI is InChI=1S/C43H78N16O11S/c44-16-4-1-10-27(54-36(64)26(47)25-71)37(65)55-28(11-2-5-17-45)38(66)56-30(13-7-19-50-43(48)49)42(70)59-21-9-15-32(59)40(68)57-29(12-3-6-18-46)41(69)58-20-8-14-31(58)39(67)53-23-34(61)51-22-33(60)52-24-35(62)63/h26-32,71H,1-25,44-47H2,(H,51,61)(H,52,60)(H,53,67)(H,54,64)(H,55,65)(H,56,66)(H,57,68)(H,62,63)(H4,48,49,50)/t26-,27-,28-,29-,30-,31-,32-/m0/s1. The van der Waals surface area contributed by atoms with Gasteiger partial charge in [-0.25, -0.2) is 0 Å². The average molecular weight is 1030 g/mol. The second kappa shape index (κ2) is 33.7. The molecule has 20 N–H and O–H groups in total. The lowest BCUT2D eigenvalue weighted by Crippen LogP contribution is -2.59. The molecule has 2 heterocycles. The first-order chi connectivity index (χ1) is 33.9. The molecule has 0 saturated carbocycles. The van der Waals surface area contributed by atoms with Crippen molar-refractivity contribution in [3.8, 4) is 0 Å². The van der Waals surface area contributed by atoms with Crippen LogP contribution in [0.1, 0.15) is 96.3 Å². The minimum Gasteiger partial charge on any atom is -0.480 e. The number of hydrogen-bond donors (Lipinski definition) is 15. The Kier molecular flexibility index (Phi) is 29.1. The smallest absolute Gasteiger partial charge is 0.322 e. The van der Waals surface area contributed by atoms with Gasteiger partial charge in [0.15, 0.2) is 5.96 Å². The number of rotatable bonds is 34. The van der Waals surface area contributed by atoms with E-state index in [1.54, 1.807) is 0 Å². The van der Waals surface area contributed by atoms with Crippen molar-refractivity contribution in [1.82, 2.24) is 47.0 Å². The number of carboxylic acid groups (broad SMARTS) is 1. The van der Waals surface area contributed by atoms with E-state index < -0.39 is 121 Å². The largest absolute Gasteiger partial charge is 0.480 e. The average Bonchev–Trinajstić information content (AvgIpc) is 4.05. The second-order valence-electron chi connectivity index (χ2n) is 17.4. The van der Waals surface area contributed by atoms with Gasteiger partial charge >= 0.3 is 5.97 Å². The molecule has 0 radical (unpaired) electrons. The number of unbranched alkanes of at least 4 members (excludes halogenated alkanes) is 3. The Morgan fingerprint density at radius 3 is 1.46 bits per heavy atom. The molecule has 2 aliphatic heterocycles. The van der Waals surface area contributed by atoms with Crippen LogP contribution in [0.3, 0.4) is 0 Å². The highest BCUT2D eigenvalue weighted by atomic mass is 32.1. The Morgan fingerprint density at radius 1 is 0.563 bits per heavy atom. The number of likely N-dealkylation sites (tertiary alicyclic amines) is 2. The van der Waals surface area contributed by atoms with Crippen LogP contribution in [0, 0.1) is 0 Å². The monoisotopic (exact) mass is 1030 g/mol. The molecule has 0 aromatic heterocycles. The maximum absolute atomic E-state index is 14.6. The Balaban J connectivity index is 2.32. The molecule has 0 aliphatic carbocycles. The summed E-state index contributed by atoms with van der Waals surface area (Å²) in [6.07, 6.45) is 5.00. The zero-order valence-corrected chi connectivity index (χ0v) is 41.4. The number of nitrogens with one attached hydrogen (secondary N) is 7. The number of guanidine groups is 1. The lowest BCUT2D eigenvalue weighted by atomic mass is 10.0. The number of carboxylic acids is 1. The highest BCUT2D eigenvalue weighted by Crippen LogP contribution is 2.23. The van der Waals surface area contributed by atoms with E-state index in [1.807, 2.05) is 0 Å². The van der Waals surface area contributed by atoms with Crippen molar-refractivity contribution in [3.05, 3.63) is 0 Å². The normalized spacial score (nSPS) is 17.4. The fourth-order valence-electron chi connectivity index (χ4n) is 7.98. The van der Waals surface area contributed by atoms with Crippen LogP contribution in [0.25, 0.3) is 0 Å². The van der Waals surface area contributed by atoms with Crippen molar-refractivity contribution in [2.45, 2.75) is 139 Å². The first-order valence-corrected chi connectivity index (χ1v) is 24.9. The number of carbonyl (C=O) groups excluding carboxylic acids is 9. The van der Waals surface area contributed by atoms with E-state index in [1.165, 1.54) is 9.80 Å². The molecule has 0 unspecified atom stereocenters. The van der Waals surface area contributed by atoms with E-state index in [2.05, 4.69) is 54.8 Å². The molecule has 71 heavy (non-hydrogen) atoms. The van der Waals surface area contributed by atoms with Crippen LogP contribution in [0.5, 0.6) is 0 Å². The number of thiol groups is 1. The predicted molar refractivity (Wildman–Crippen MR) is 264 cm³/mol. The summed E-state index contributed by atoms with van der Waals surface area (Å²) in [5.74, 6) is -7.31. The van der Waals surface area contributed by atoms with Gasteiger partial charge in [-0.05, 0) is 116 Å². The van der Waals surface area contributed by atoms with E-state index >= 15 is 0 Å². The molecule has 2 saturated heterocycles. The third kappa shape index (κ3) is 22.4. The van der Waals surface area contributed by atoms with E-state index in [4.69, 9.17) is 39.5 Å². The summed E-state index contributed by atoms with van der Waals surface area (Å²) in [7, 11) is 0. The van der Waals surface area contributed by atoms with Crippen LogP contribution >= 0.6 is 12.6 Å². The summed E-state index contributed by atoms with van der Waals surface area (Å²) < 4.78 is 0. The summed E-state index contributed by atoms with van der Waals surface area (Å²) in [5.41, 5.74) is 34.1. The van der Waals surface area contributed by atoms with Crippen LogP contribution in [-0.4, -0.2) is 187 Å². The summed E-state index contributed by atoms with van der Waals surface area (Å²) in [5, 5.41) is 26.5. The number of hydrogen-bond acceptors (Lipinski definition) is 16. The molecule has 402 valence electrons. The Morgan fingerprint density at radius 2 is 0.986 bits per heavy atom. The summed E-state index contributed by atoms with van der Waals surface area (Å²) in [6.45, 7) is -0.318. The number of aliphatic imine (C=N–C) groups is 1. The van der Waals surface area contributed by atoms with Gasteiger partial charge in [0.2, 0.25) is 53.2 Å². The zero-order valence-electron chi connectivity index (χ0n) is 40.5. The van der Waals surface area contributed by atoms with Gasteiger partial charge in [-0.3, -0.25) is 52.9 Å². The fourth-order valence-corrected chi connectivity index (χ4v) is 8.14. The van der Waals surface area contributed by atoms with Crippen LogP contribution in [0.15, 0.2) is 4.99 Å². The maximum atomic E-state index is 14.6. The topological polar surface area (TPSA) is 450 Å². The van der Waals surface area contributed by atoms with Gasteiger partial charge in [0.1, 0.15) is 42.8 Å². The maximum Gasteiger partial charge on any atom is 0.322 e. The van der Waals surface area contributed by atoms with Crippen molar-refractivity contribution < 1.29 is 53.1 Å². The number of amides is 9. The Bertz CT molecular complexity index is 1830. The van der Waals surface area contributed by atoms with Crippen molar-refractivity contribution in [1.29, 1.82) is 0 Å².